The number of nitrogens with zero attached hydrogens (tertiary/aromatic N) is 1. The molecule has 0 saturated heterocycles. The van der Waals surface area contributed by atoms with Gasteiger partial charge in [0.05, 0.1) is 33.2 Å². The second kappa shape index (κ2) is 10.6. The van der Waals surface area contributed by atoms with E-state index in [0.29, 0.717) is 22.8 Å². The van der Waals surface area contributed by atoms with Crippen LogP contribution in [0, 0.1) is 5.82 Å². The molecular formula is C20H22FN3O5. The highest BCUT2D eigenvalue weighted by Crippen LogP contribution is 2.37. The number of amides is 2. The SMILES string of the molecule is COc1cc(C=NNC(=O)CCC(=O)Nc2ccccc2F)cc(OC)c1OC. The van der Waals surface area contributed by atoms with E-state index in [2.05, 4.69) is 15.8 Å². The summed E-state index contributed by atoms with van der Waals surface area (Å²) >= 11 is 0. The number of hydrogen-bond acceptors (Lipinski definition) is 6. The third-order valence-electron chi connectivity index (χ3n) is 3.82. The summed E-state index contributed by atoms with van der Waals surface area (Å²) in [5.41, 5.74) is 3.01. The van der Waals surface area contributed by atoms with Crippen LogP contribution in [0.5, 0.6) is 17.2 Å². The van der Waals surface area contributed by atoms with Crippen molar-refractivity contribution in [2.75, 3.05) is 26.6 Å². The van der Waals surface area contributed by atoms with Crippen molar-refractivity contribution in [1.29, 1.82) is 0 Å². The van der Waals surface area contributed by atoms with Crippen LogP contribution in [-0.4, -0.2) is 39.4 Å². The van der Waals surface area contributed by atoms with Crippen molar-refractivity contribution in [3.8, 4) is 17.2 Å². The summed E-state index contributed by atoms with van der Waals surface area (Å²) in [4.78, 5) is 23.7. The third-order valence-corrected chi connectivity index (χ3v) is 3.82. The van der Waals surface area contributed by atoms with Gasteiger partial charge in [-0.15, -0.1) is 0 Å². The molecule has 0 aliphatic heterocycles. The summed E-state index contributed by atoms with van der Waals surface area (Å²) < 4.78 is 29.2. The predicted molar refractivity (Wildman–Crippen MR) is 106 cm³/mol. The number of rotatable bonds is 9. The topological polar surface area (TPSA) is 98.2 Å². The Labute approximate surface area is 167 Å². The summed E-state index contributed by atoms with van der Waals surface area (Å²) in [6.45, 7) is 0. The van der Waals surface area contributed by atoms with Gasteiger partial charge in [-0.2, -0.15) is 5.10 Å². The largest absolute Gasteiger partial charge is 0.493 e. The molecule has 0 aromatic heterocycles. The van der Waals surface area contributed by atoms with Crippen LogP contribution in [-0.2, 0) is 9.59 Å². The van der Waals surface area contributed by atoms with E-state index in [-0.39, 0.29) is 18.5 Å². The quantitative estimate of drug-likeness (QED) is 0.496. The zero-order valence-corrected chi connectivity index (χ0v) is 16.3. The lowest BCUT2D eigenvalue weighted by atomic mass is 10.2. The van der Waals surface area contributed by atoms with Crippen molar-refractivity contribution in [2.45, 2.75) is 12.8 Å². The second-order valence-electron chi connectivity index (χ2n) is 5.78. The average Bonchev–Trinajstić information content (AvgIpc) is 2.73. The van der Waals surface area contributed by atoms with Crippen molar-refractivity contribution in [2.24, 2.45) is 5.10 Å². The first kappa shape index (κ1) is 21.7. The summed E-state index contributed by atoms with van der Waals surface area (Å²) in [5.74, 6) is -0.137. The molecule has 8 nitrogen and oxygen atoms in total. The van der Waals surface area contributed by atoms with Crippen LogP contribution in [0.25, 0.3) is 0 Å². The second-order valence-corrected chi connectivity index (χ2v) is 5.78. The summed E-state index contributed by atoms with van der Waals surface area (Å²) in [7, 11) is 4.48. The van der Waals surface area contributed by atoms with E-state index in [1.54, 1.807) is 18.2 Å². The highest BCUT2D eigenvalue weighted by Gasteiger charge is 2.12. The zero-order valence-electron chi connectivity index (χ0n) is 16.3. The average molecular weight is 403 g/mol. The fourth-order valence-corrected chi connectivity index (χ4v) is 2.41. The number of carbonyl (C=O) groups is 2. The van der Waals surface area contributed by atoms with Crippen LogP contribution >= 0.6 is 0 Å². The number of hydrazone groups is 1. The van der Waals surface area contributed by atoms with Crippen LogP contribution in [0.2, 0.25) is 0 Å². The molecule has 0 unspecified atom stereocenters. The zero-order chi connectivity index (χ0) is 21.2. The number of methoxy groups -OCH3 is 3. The number of anilines is 1. The van der Waals surface area contributed by atoms with Gasteiger partial charge in [-0.05, 0) is 24.3 Å². The Bertz CT molecular complexity index is 876. The van der Waals surface area contributed by atoms with Crippen LogP contribution < -0.4 is 25.0 Å². The fourth-order valence-electron chi connectivity index (χ4n) is 2.41. The Kier molecular flexibility index (Phi) is 7.96. The number of halogens is 1. The van der Waals surface area contributed by atoms with Crippen molar-refractivity contribution in [3.05, 3.63) is 47.8 Å². The molecule has 0 aliphatic rings. The molecule has 2 amide bonds. The van der Waals surface area contributed by atoms with E-state index in [0.717, 1.165) is 0 Å². The van der Waals surface area contributed by atoms with Crippen LogP contribution in [0.1, 0.15) is 18.4 Å². The monoisotopic (exact) mass is 403 g/mol. The smallest absolute Gasteiger partial charge is 0.240 e. The van der Waals surface area contributed by atoms with Gasteiger partial charge in [-0.25, -0.2) is 9.82 Å². The molecule has 0 fully saturated rings. The Balaban J connectivity index is 1.88. The van der Waals surface area contributed by atoms with E-state index in [9.17, 15) is 14.0 Å². The van der Waals surface area contributed by atoms with Crippen molar-refractivity contribution < 1.29 is 28.2 Å². The Morgan fingerprint density at radius 3 is 2.21 bits per heavy atom. The maximum Gasteiger partial charge on any atom is 0.240 e. The summed E-state index contributed by atoms with van der Waals surface area (Å²) in [6, 6.07) is 9.13. The minimum atomic E-state index is -0.541. The maximum absolute atomic E-state index is 13.5. The van der Waals surface area contributed by atoms with Gasteiger partial charge in [0.15, 0.2) is 11.5 Å². The van der Waals surface area contributed by atoms with Crippen molar-refractivity contribution >= 4 is 23.7 Å². The van der Waals surface area contributed by atoms with Crippen LogP contribution in [0.15, 0.2) is 41.5 Å². The first-order chi connectivity index (χ1) is 14.0. The first-order valence-corrected chi connectivity index (χ1v) is 8.64. The van der Waals surface area contributed by atoms with Gasteiger partial charge in [0, 0.05) is 18.4 Å². The van der Waals surface area contributed by atoms with E-state index in [1.807, 2.05) is 0 Å². The maximum atomic E-state index is 13.5. The third kappa shape index (κ3) is 6.20. The van der Waals surface area contributed by atoms with E-state index < -0.39 is 17.6 Å². The highest BCUT2D eigenvalue weighted by atomic mass is 19.1. The number of nitrogens with one attached hydrogen (secondary N) is 2. The van der Waals surface area contributed by atoms with Crippen LogP contribution in [0.3, 0.4) is 0 Å². The molecule has 0 aliphatic carbocycles. The molecule has 0 bridgehead atoms. The molecule has 29 heavy (non-hydrogen) atoms. The molecule has 2 aromatic rings. The lowest BCUT2D eigenvalue weighted by Crippen LogP contribution is -2.21. The molecule has 2 N–H and O–H groups in total. The van der Waals surface area contributed by atoms with Gasteiger partial charge >= 0.3 is 0 Å². The Morgan fingerprint density at radius 2 is 1.62 bits per heavy atom. The molecule has 154 valence electrons. The number of ether oxygens (including phenoxy) is 3. The highest BCUT2D eigenvalue weighted by molar-refractivity contribution is 5.93. The molecule has 2 rings (SSSR count). The van der Waals surface area contributed by atoms with Gasteiger partial charge in [0.1, 0.15) is 5.82 Å². The number of hydrogen-bond donors (Lipinski definition) is 2. The number of para-hydroxylation sites is 1. The standard InChI is InChI=1S/C20H22FN3O5/c1-27-16-10-13(11-17(28-2)20(16)29-3)12-22-24-19(26)9-8-18(25)23-15-7-5-4-6-14(15)21/h4-7,10-12H,8-9H2,1-3H3,(H,23,25)(H,24,26). The molecular weight excluding hydrogens is 381 g/mol. The van der Waals surface area contributed by atoms with E-state index in [1.165, 1.54) is 45.7 Å². The van der Waals surface area contributed by atoms with Gasteiger partial charge in [-0.3, -0.25) is 9.59 Å². The van der Waals surface area contributed by atoms with Crippen LogP contribution in [0.4, 0.5) is 10.1 Å². The molecule has 0 radical (unpaired) electrons. The summed E-state index contributed by atoms with van der Waals surface area (Å²) in [6.07, 6.45) is 1.19. The number of carbonyl (C=O) groups excluding carboxylic acids is 2. The predicted octanol–water partition coefficient (Wildman–Crippen LogP) is 2.72. The van der Waals surface area contributed by atoms with E-state index in [4.69, 9.17) is 14.2 Å². The van der Waals surface area contributed by atoms with Gasteiger partial charge in [-0.1, -0.05) is 12.1 Å². The fraction of sp³-hybridized carbons (Fsp3) is 0.250. The molecule has 0 heterocycles. The Morgan fingerprint density at radius 1 is 1.00 bits per heavy atom. The first-order valence-electron chi connectivity index (χ1n) is 8.64. The lowest BCUT2D eigenvalue weighted by molar-refractivity contribution is -0.124. The molecule has 9 heteroatoms. The molecule has 0 spiro atoms. The van der Waals surface area contributed by atoms with Crippen molar-refractivity contribution in [1.82, 2.24) is 5.43 Å². The normalized spacial score (nSPS) is 10.5. The van der Waals surface area contributed by atoms with Crippen molar-refractivity contribution in [3.63, 3.8) is 0 Å². The summed E-state index contributed by atoms with van der Waals surface area (Å²) in [5, 5.41) is 6.27. The minimum Gasteiger partial charge on any atom is -0.493 e. The molecule has 0 saturated carbocycles. The van der Waals surface area contributed by atoms with Gasteiger partial charge in [0.25, 0.3) is 0 Å². The van der Waals surface area contributed by atoms with E-state index >= 15 is 0 Å². The minimum absolute atomic E-state index is 0.0679. The molecule has 0 atom stereocenters. The molecule has 2 aromatic carbocycles. The van der Waals surface area contributed by atoms with Gasteiger partial charge in [0.2, 0.25) is 17.6 Å². The number of benzene rings is 2. The lowest BCUT2D eigenvalue weighted by Gasteiger charge is -2.12. The Hall–Kier alpha value is -3.62. The van der Waals surface area contributed by atoms with Gasteiger partial charge < -0.3 is 19.5 Å².